The third-order valence-electron chi connectivity index (χ3n) is 6.21. The predicted octanol–water partition coefficient (Wildman–Crippen LogP) is 5.13. The molecule has 1 saturated heterocycles. The molecule has 1 aliphatic rings. The zero-order valence-electron chi connectivity index (χ0n) is 14.6. The van der Waals surface area contributed by atoms with Crippen LogP contribution in [-0.2, 0) is 0 Å². The molecule has 0 bridgehead atoms. The van der Waals surface area contributed by atoms with Gasteiger partial charge in [-0.05, 0) is 44.6 Å². The average molecular weight is 414 g/mol. The van der Waals surface area contributed by atoms with Gasteiger partial charge in [0.05, 0.1) is 4.05 Å². The maximum absolute atomic E-state index is 6.55. The van der Waals surface area contributed by atoms with Crippen molar-refractivity contribution in [3.63, 3.8) is 0 Å². The van der Waals surface area contributed by atoms with Gasteiger partial charge in [-0.25, -0.2) is 0 Å². The highest BCUT2D eigenvalue weighted by atomic mass is 127. The van der Waals surface area contributed by atoms with Crippen molar-refractivity contribution in [2.24, 2.45) is 11.7 Å². The number of halogens is 1. The van der Waals surface area contributed by atoms with Gasteiger partial charge in [0.1, 0.15) is 0 Å². The van der Waals surface area contributed by atoms with E-state index in [0.29, 0.717) is 9.97 Å². The fourth-order valence-electron chi connectivity index (χ4n) is 4.18. The topological polar surface area (TPSA) is 29.3 Å². The molecule has 3 heteroatoms. The quantitative estimate of drug-likeness (QED) is 0.421. The number of nitrogens with zero attached hydrogens (tertiary/aromatic N) is 1. The summed E-state index contributed by atoms with van der Waals surface area (Å²) in [5, 5.41) is 0. The van der Waals surface area contributed by atoms with Crippen LogP contribution < -0.4 is 5.73 Å². The van der Waals surface area contributed by atoms with Crippen LogP contribution in [0.4, 0.5) is 0 Å². The lowest BCUT2D eigenvalue weighted by molar-refractivity contribution is -0.0960. The predicted molar refractivity (Wildman–Crippen MR) is 104 cm³/mol. The Morgan fingerprint density at radius 3 is 2.32 bits per heavy atom. The first-order valence-electron chi connectivity index (χ1n) is 8.54. The summed E-state index contributed by atoms with van der Waals surface area (Å²) in [5.41, 5.74) is 8.23. The minimum atomic E-state index is 0.129. The Balaban J connectivity index is 2.50. The molecule has 1 aromatic carbocycles. The van der Waals surface area contributed by atoms with Gasteiger partial charge in [0.2, 0.25) is 0 Å². The molecule has 5 unspecified atom stereocenters. The van der Waals surface area contributed by atoms with Gasteiger partial charge in [0, 0.05) is 17.1 Å². The van der Waals surface area contributed by atoms with Crippen LogP contribution in [0.25, 0.3) is 0 Å². The van der Waals surface area contributed by atoms with Crippen molar-refractivity contribution in [2.75, 3.05) is 0 Å². The van der Waals surface area contributed by atoms with Gasteiger partial charge in [-0.15, -0.1) is 0 Å². The van der Waals surface area contributed by atoms with Gasteiger partial charge < -0.3 is 5.73 Å². The third kappa shape index (κ3) is 2.96. The highest BCUT2D eigenvalue weighted by Crippen LogP contribution is 2.51. The number of hydrogen-bond donors (Lipinski definition) is 1. The lowest BCUT2D eigenvalue weighted by Crippen LogP contribution is -2.69. The molecule has 0 saturated carbocycles. The molecule has 1 aliphatic heterocycles. The molecule has 0 spiro atoms. The average Bonchev–Trinajstić information content (AvgIpc) is 2.53. The van der Waals surface area contributed by atoms with Crippen molar-refractivity contribution in [3.05, 3.63) is 35.9 Å². The largest absolute Gasteiger partial charge is 0.327 e. The first kappa shape index (κ1) is 18.2. The van der Waals surface area contributed by atoms with E-state index < -0.39 is 0 Å². The molecule has 2 rings (SSSR count). The molecule has 0 radical (unpaired) electrons. The van der Waals surface area contributed by atoms with Crippen LogP contribution in [0, 0.1) is 5.92 Å². The number of nitrogens with two attached hydrogens (primary N) is 1. The summed E-state index contributed by atoms with van der Waals surface area (Å²) in [7, 11) is 0. The second-order valence-corrected chi connectivity index (χ2v) is 8.51. The maximum Gasteiger partial charge on any atom is 0.0883 e. The molecule has 0 aliphatic carbocycles. The van der Waals surface area contributed by atoms with Crippen LogP contribution in [0.5, 0.6) is 0 Å². The number of benzene rings is 1. The van der Waals surface area contributed by atoms with Crippen LogP contribution in [0.15, 0.2) is 30.3 Å². The number of alkyl halides is 1. The van der Waals surface area contributed by atoms with Crippen LogP contribution in [0.2, 0.25) is 0 Å². The van der Waals surface area contributed by atoms with Gasteiger partial charge in [-0.1, -0.05) is 73.7 Å². The summed E-state index contributed by atoms with van der Waals surface area (Å²) in [5.74, 6) is 0.498. The molecule has 22 heavy (non-hydrogen) atoms. The standard InChI is InChI=1S/C19H31IN2/c1-6-18(4)13-16(21)14(3)19(5,7-2)22(18)17(20)15-11-9-8-10-12-15/h8-12,14,16-17H,6-7,13,21H2,1-5H3. The van der Waals surface area contributed by atoms with Gasteiger partial charge in [0.25, 0.3) is 0 Å². The number of piperidine rings is 1. The van der Waals surface area contributed by atoms with Crippen LogP contribution in [0.3, 0.4) is 0 Å². The molecule has 1 heterocycles. The van der Waals surface area contributed by atoms with Crippen molar-refractivity contribution in [1.29, 1.82) is 0 Å². The second-order valence-electron chi connectivity index (χ2n) is 7.33. The van der Waals surface area contributed by atoms with E-state index >= 15 is 0 Å². The van der Waals surface area contributed by atoms with Gasteiger partial charge in [0.15, 0.2) is 0 Å². The van der Waals surface area contributed by atoms with E-state index in [0.717, 1.165) is 19.3 Å². The molecule has 0 amide bonds. The summed E-state index contributed by atoms with van der Waals surface area (Å²) in [6.45, 7) is 11.8. The second kappa shape index (κ2) is 6.78. The Kier molecular flexibility index (Phi) is 5.61. The fourth-order valence-corrected chi connectivity index (χ4v) is 5.90. The summed E-state index contributed by atoms with van der Waals surface area (Å²) in [4.78, 5) is 2.77. The normalized spacial score (nSPS) is 38.0. The van der Waals surface area contributed by atoms with Crippen LogP contribution in [-0.4, -0.2) is 22.0 Å². The van der Waals surface area contributed by atoms with E-state index in [-0.39, 0.29) is 17.1 Å². The Bertz CT molecular complexity index is 491. The summed E-state index contributed by atoms with van der Waals surface area (Å²) >= 11 is 2.63. The molecule has 124 valence electrons. The summed E-state index contributed by atoms with van der Waals surface area (Å²) < 4.78 is 0.378. The SMILES string of the molecule is CCC1(C)CC(N)C(C)C(C)(CC)N1C(I)c1ccccc1. The van der Waals surface area contributed by atoms with Crippen LogP contribution >= 0.6 is 22.6 Å². The minimum Gasteiger partial charge on any atom is -0.327 e. The smallest absolute Gasteiger partial charge is 0.0883 e. The van der Waals surface area contributed by atoms with Crippen molar-refractivity contribution in [3.8, 4) is 0 Å². The van der Waals surface area contributed by atoms with E-state index in [1.54, 1.807) is 0 Å². The van der Waals surface area contributed by atoms with E-state index in [1.165, 1.54) is 5.56 Å². The fraction of sp³-hybridized carbons (Fsp3) is 0.684. The van der Waals surface area contributed by atoms with Crippen molar-refractivity contribution in [1.82, 2.24) is 4.90 Å². The van der Waals surface area contributed by atoms with Gasteiger partial charge in [-0.2, -0.15) is 0 Å². The molecule has 0 aromatic heterocycles. The first-order chi connectivity index (χ1) is 10.3. The Morgan fingerprint density at radius 2 is 1.82 bits per heavy atom. The highest BCUT2D eigenvalue weighted by molar-refractivity contribution is 14.1. The summed E-state index contributed by atoms with van der Waals surface area (Å²) in [6.07, 6.45) is 3.34. The number of hydrogen-bond acceptors (Lipinski definition) is 2. The van der Waals surface area contributed by atoms with Gasteiger partial charge in [-0.3, -0.25) is 4.90 Å². The zero-order chi connectivity index (χ0) is 16.5. The monoisotopic (exact) mass is 414 g/mol. The van der Waals surface area contributed by atoms with Crippen LogP contribution in [0.1, 0.15) is 63.5 Å². The highest BCUT2D eigenvalue weighted by Gasteiger charge is 2.53. The molecule has 2 N–H and O–H groups in total. The number of rotatable bonds is 4. The third-order valence-corrected chi connectivity index (χ3v) is 7.49. The van der Waals surface area contributed by atoms with Gasteiger partial charge >= 0.3 is 0 Å². The van der Waals surface area contributed by atoms with Crippen molar-refractivity contribution < 1.29 is 0 Å². The molecular weight excluding hydrogens is 383 g/mol. The van der Waals surface area contributed by atoms with E-state index in [2.05, 4.69) is 92.4 Å². The maximum atomic E-state index is 6.55. The lowest BCUT2D eigenvalue weighted by Gasteiger charge is -2.62. The number of likely N-dealkylation sites (tertiary alicyclic amines) is 1. The van der Waals surface area contributed by atoms with Crippen molar-refractivity contribution >= 4 is 22.6 Å². The first-order valence-corrected chi connectivity index (χ1v) is 9.78. The van der Waals surface area contributed by atoms with E-state index in [9.17, 15) is 0 Å². The Morgan fingerprint density at radius 1 is 1.23 bits per heavy atom. The molecule has 1 aromatic rings. The Labute approximate surface area is 150 Å². The molecular formula is C19H31IN2. The van der Waals surface area contributed by atoms with E-state index in [4.69, 9.17) is 5.73 Å². The molecule has 2 nitrogen and oxygen atoms in total. The lowest BCUT2D eigenvalue weighted by atomic mass is 9.67. The summed E-state index contributed by atoms with van der Waals surface area (Å²) in [6, 6.07) is 11.2. The zero-order valence-corrected chi connectivity index (χ0v) is 16.8. The Hall–Kier alpha value is -0.130. The van der Waals surface area contributed by atoms with E-state index in [1.807, 2.05) is 0 Å². The molecule has 1 fully saturated rings. The molecule has 5 atom stereocenters. The van der Waals surface area contributed by atoms with Crippen molar-refractivity contribution in [2.45, 2.75) is 75.0 Å². The minimum absolute atomic E-state index is 0.129.